The van der Waals surface area contributed by atoms with E-state index < -0.39 is 0 Å². The van der Waals surface area contributed by atoms with Gasteiger partial charge < -0.3 is 5.32 Å². The zero-order valence-electron chi connectivity index (χ0n) is 10.6. The zero-order valence-corrected chi connectivity index (χ0v) is 10.6. The van der Waals surface area contributed by atoms with Gasteiger partial charge in [-0.1, -0.05) is 48.5 Å². The summed E-state index contributed by atoms with van der Waals surface area (Å²) in [7, 11) is 0. The number of benzene rings is 2. The number of nitrogens with one attached hydrogen (secondary N) is 1. The van der Waals surface area contributed by atoms with Gasteiger partial charge in [0.25, 0.3) is 0 Å². The van der Waals surface area contributed by atoms with Gasteiger partial charge in [-0.2, -0.15) is 0 Å². The van der Waals surface area contributed by atoms with Crippen LogP contribution >= 0.6 is 0 Å². The first-order valence-corrected chi connectivity index (χ1v) is 6.41. The van der Waals surface area contributed by atoms with Gasteiger partial charge in [0.2, 0.25) is 5.95 Å². The van der Waals surface area contributed by atoms with E-state index in [9.17, 15) is 0 Å². The van der Waals surface area contributed by atoms with Crippen molar-refractivity contribution in [3.8, 4) is 0 Å². The van der Waals surface area contributed by atoms with Crippen LogP contribution in [-0.4, -0.2) is 16.5 Å². The minimum atomic E-state index is 0.689. The molecule has 0 aliphatic carbocycles. The number of hydrogen-bond donors (Lipinski definition) is 1. The van der Waals surface area contributed by atoms with Crippen LogP contribution in [0.3, 0.4) is 0 Å². The molecule has 3 aromatic rings. The number of fused-ring (bicyclic) bond motifs is 1. The number of nitrogens with zero attached hydrogens (tertiary/aromatic N) is 2. The third kappa shape index (κ3) is 2.88. The maximum Gasteiger partial charge on any atom is 0.223 e. The number of para-hydroxylation sites is 1. The molecule has 0 saturated heterocycles. The van der Waals surface area contributed by atoms with E-state index in [-0.39, 0.29) is 0 Å². The highest BCUT2D eigenvalue weighted by molar-refractivity contribution is 5.78. The summed E-state index contributed by atoms with van der Waals surface area (Å²) in [6.07, 6.45) is 2.82. The molecule has 0 radical (unpaired) electrons. The highest BCUT2D eigenvalue weighted by Gasteiger charge is 1.98. The first-order valence-electron chi connectivity index (χ1n) is 6.41. The van der Waals surface area contributed by atoms with Gasteiger partial charge >= 0.3 is 0 Å². The Hall–Kier alpha value is -2.42. The van der Waals surface area contributed by atoms with Crippen molar-refractivity contribution in [3.63, 3.8) is 0 Å². The summed E-state index contributed by atoms with van der Waals surface area (Å²) in [6.45, 7) is 0.836. The molecule has 0 amide bonds. The van der Waals surface area contributed by atoms with Crippen molar-refractivity contribution in [2.45, 2.75) is 6.42 Å². The molecule has 0 saturated carbocycles. The summed E-state index contributed by atoms with van der Waals surface area (Å²) in [5.41, 5.74) is 2.29. The maximum atomic E-state index is 4.48. The van der Waals surface area contributed by atoms with E-state index >= 15 is 0 Å². The third-order valence-corrected chi connectivity index (χ3v) is 3.03. The van der Waals surface area contributed by atoms with Gasteiger partial charge in [0.1, 0.15) is 0 Å². The van der Waals surface area contributed by atoms with Crippen molar-refractivity contribution >= 4 is 16.9 Å². The highest BCUT2D eigenvalue weighted by Crippen LogP contribution is 2.11. The smallest absolute Gasteiger partial charge is 0.223 e. The summed E-state index contributed by atoms with van der Waals surface area (Å²) in [5.74, 6) is 0.689. The van der Waals surface area contributed by atoms with Crippen LogP contribution in [0.4, 0.5) is 5.95 Å². The molecule has 0 fully saturated rings. The molecular formula is C16H15N3. The van der Waals surface area contributed by atoms with Crippen LogP contribution in [0.25, 0.3) is 10.9 Å². The molecule has 19 heavy (non-hydrogen) atoms. The van der Waals surface area contributed by atoms with Gasteiger partial charge in [0, 0.05) is 18.1 Å². The Morgan fingerprint density at radius 1 is 0.895 bits per heavy atom. The molecule has 3 rings (SSSR count). The lowest BCUT2D eigenvalue weighted by Gasteiger charge is -2.05. The van der Waals surface area contributed by atoms with Crippen LogP contribution in [0.1, 0.15) is 5.56 Å². The number of anilines is 1. The Morgan fingerprint density at radius 2 is 1.68 bits per heavy atom. The second kappa shape index (κ2) is 5.48. The summed E-state index contributed by atoms with van der Waals surface area (Å²) in [4.78, 5) is 8.80. The molecule has 1 heterocycles. The van der Waals surface area contributed by atoms with E-state index in [2.05, 4.69) is 39.6 Å². The molecule has 0 atom stereocenters. The van der Waals surface area contributed by atoms with Crippen molar-refractivity contribution < 1.29 is 0 Å². The first-order chi connectivity index (χ1) is 9.42. The topological polar surface area (TPSA) is 37.8 Å². The second-order valence-electron chi connectivity index (χ2n) is 4.41. The molecule has 0 spiro atoms. The monoisotopic (exact) mass is 249 g/mol. The van der Waals surface area contributed by atoms with E-state index in [0.717, 1.165) is 23.9 Å². The van der Waals surface area contributed by atoms with Crippen LogP contribution in [0.5, 0.6) is 0 Å². The zero-order chi connectivity index (χ0) is 12.9. The van der Waals surface area contributed by atoms with E-state index in [1.807, 2.05) is 36.5 Å². The molecule has 0 unspecified atom stereocenters. The fraction of sp³-hybridized carbons (Fsp3) is 0.125. The summed E-state index contributed by atoms with van der Waals surface area (Å²) in [6, 6.07) is 18.4. The Bertz CT molecular complexity index is 665. The maximum absolute atomic E-state index is 4.48. The van der Waals surface area contributed by atoms with E-state index in [0.29, 0.717) is 5.95 Å². The molecule has 1 aromatic heterocycles. The Morgan fingerprint density at radius 3 is 2.58 bits per heavy atom. The molecular weight excluding hydrogens is 234 g/mol. The van der Waals surface area contributed by atoms with Gasteiger partial charge in [-0.15, -0.1) is 0 Å². The van der Waals surface area contributed by atoms with E-state index in [4.69, 9.17) is 0 Å². The normalized spacial score (nSPS) is 10.5. The van der Waals surface area contributed by atoms with Crippen LogP contribution < -0.4 is 5.32 Å². The average molecular weight is 249 g/mol. The Balaban J connectivity index is 1.65. The van der Waals surface area contributed by atoms with Gasteiger partial charge in [-0.25, -0.2) is 9.97 Å². The van der Waals surface area contributed by atoms with E-state index in [1.54, 1.807) is 0 Å². The van der Waals surface area contributed by atoms with Crippen LogP contribution in [0.2, 0.25) is 0 Å². The molecule has 3 heteroatoms. The van der Waals surface area contributed by atoms with Crippen LogP contribution in [0, 0.1) is 0 Å². The van der Waals surface area contributed by atoms with Crippen LogP contribution in [0.15, 0.2) is 60.8 Å². The largest absolute Gasteiger partial charge is 0.354 e. The fourth-order valence-electron chi connectivity index (χ4n) is 2.02. The van der Waals surface area contributed by atoms with Gasteiger partial charge in [0.15, 0.2) is 0 Å². The highest BCUT2D eigenvalue weighted by atomic mass is 15.1. The fourth-order valence-corrected chi connectivity index (χ4v) is 2.02. The minimum absolute atomic E-state index is 0.689. The van der Waals surface area contributed by atoms with E-state index in [1.165, 1.54) is 5.56 Å². The SMILES string of the molecule is c1ccc(CCNc2ncc3ccccc3n2)cc1. The molecule has 3 nitrogen and oxygen atoms in total. The predicted octanol–water partition coefficient (Wildman–Crippen LogP) is 3.28. The number of rotatable bonds is 4. The summed E-state index contributed by atoms with van der Waals surface area (Å²) in [5, 5.41) is 4.33. The minimum Gasteiger partial charge on any atom is -0.354 e. The van der Waals surface area contributed by atoms with Crippen molar-refractivity contribution in [1.29, 1.82) is 0 Å². The molecule has 0 aliphatic rings. The quantitative estimate of drug-likeness (QED) is 0.771. The summed E-state index contributed by atoms with van der Waals surface area (Å²) >= 11 is 0. The van der Waals surface area contributed by atoms with Gasteiger partial charge in [-0.05, 0) is 18.1 Å². The van der Waals surface area contributed by atoms with Crippen LogP contribution in [-0.2, 0) is 6.42 Å². The standard InChI is InChI=1S/C16H15N3/c1-2-6-13(7-3-1)10-11-17-16-18-12-14-8-4-5-9-15(14)19-16/h1-9,12H,10-11H2,(H,17,18,19). The van der Waals surface area contributed by atoms with Gasteiger partial charge in [-0.3, -0.25) is 0 Å². The van der Waals surface area contributed by atoms with Crippen molar-refractivity contribution in [2.75, 3.05) is 11.9 Å². The summed E-state index contributed by atoms with van der Waals surface area (Å²) < 4.78 is 0. The lowest BCUT2D eigenvalue weighted by atomic mass is 10.1. The van der Waals surface area contributed by atoms with Gasteiger partial charge in [0.05, 0.1) is 5.52 Å². The number of aromatic nitrogens is 2. The second-order valence-corrected chi connectivity index (χ2v) is 4.41. The third-order valence-electron chi connectivity index (χ3n) is 3.03. The number of hydrogen-bond acceptors (Lipinski definition) is 3. The van der Waals surface area contributed by atoms with Crippen molar-refractivity contribution in [3.05, 3.63) is 66.4 Å². The molecule has 0 bridgehead atoms. The molecule has 94 valence electrons. The lowest BCUT2D eigenvalue weighted by Crippen LogP contribution is -2.07. The Kier molecular flexibility index (Phi) is 3.36. The first kappa shape index (κ1) is 11.7. The molecule has 1 N–H and O–H groups in total. The average Bonchev–Trinajstić information content (AvgIpc) is 2.48. The molecule has 0 aliphatic heterocycles. The Labute approximate surface area is 112 Å². The lowest BCUT2D eigenvalue weighted by molar-refractivity contribution is 0.990. The van der Waals surface area contributed by atoms with Crippen molar-refractivity contribution in [1.82, 2.24) is 9.97 Å². The molecule has 2 aromatic carbocycles. The van der Waals surface area contributed by atoms with Crippen molar-refractivity contribution in [2.24, 2.45) is 0 Å². The predicted molar refractivity (Wildman–Crippen MR) is 78.2 cm³/mol.